The molecule has 0 aliphatic rings. The van der Waals surface area contributed by atoms with Gasteiger partial charge in [-0.3, -0.25) is 4.79 Å². The van der Waals surface area contributed by atoms with Gasteiger partial charge in [-0.15, -0.1) is 5.10 Å². The second kappa shape index (κ2) is 7.25. The zero-order valence-corrected chi connectivity index (χ0v) is 15.2. The van der Waals surface area contributed by atoms with E-state index in [1.165, 1.54) is 0 Å². The SMILES string of the molecule is Cc1cc[c]cc1NC(=O)c1nnn(Cc2ccc(Cl)c(Cl)c2)c1C. The number of anilines is 1. The van der Waals surface area contributed by atoms with Crippen molar-refractivity contribution in [3.8, 4) is 0 Å². The Morgan fingerprint density at radius 1 is 1.24 bits per heavy atom. The van der Waals surface area contributed by atoms with E-state index in [1.54, 1.807) is 35.9 Å². The summed E-state index contributed by atoms with van der Waals surface area (Å²) in [6.45, 7) is 4.16. The van der Waals surface area contributed by atoms with Crippen molar-refractivity contribution in [1.82, 2.24) is 15.0 Å². The van der Waals surface area contributed by atoms with Crippen LogP contribution < -0.4 is 5.32 Å². The Morgan fingerprint density at radius 3 is 2.76 bits per heavy atom. The first kappa shape index (κ1) is 17.5. The Labute approximate surface area is 155 Å². The second-order valence-electron chi connectivity index (χ2n) is 5.62. The van der Waals surface area contributed by atoms with Crippen LogP contribution in [0.3, 0.4) is 0 Å². The fraction of sp³-hybridized carbons (Fsp3) is 0.167. The van der Waals surface area contributed by atoms with Gasteiger partial charge in [0.1, 0.15) is 0 Å². The predicted octanol–water partition coefficient (Wildman–Crippen LogP) is 4.30. The van der Waals surface area contributed by atoms with Crippen molar-refractivity contribution in [2.75, 3.05) is 5.32 Å². The maximum atomic E-state index is 12.5. The van der Waals surface area contributed by atoms with Gasteiger partial charge in [0.15, 0.2) is 5.69 Å². The Kier molecular flexibility index (Phi) is 5.06. The molecule has 25 heavy (non-hydrogen) atoms. The summed E-state index contributed by atoms with van der Waals surface area (Å²) >= 11 is 12.0. The normalized spacial score (nSPS) is 10.7. The van der Waals surface area contributed by atoms with E-state index in [0.29, 0.717) is 28.0 Å². The number of hydrogen-bond acceptors (Lipinski definition) is 3. The van der Waals surface area contributed by atoms with Crippen LogP contribution in [0.4, 0.5) is 5.69 Å². The average Bonchev–Trinajstić information content (AvgIpc) is 2.94. The van der Waals surface area contributed by atoms with Gasteiger partial charge in [0, 0.05) is 5.69 Å². The molecule has 0 fully saturated rings. The number of nitrogens with one attached hydrogen (secondary N) is 1. The maximum Gasteiger partial charge on any atom is 0.278 e. The quantitative estimate of drug-likeness (QED) is 0.741. The lowest BCUT2D eigenvalue weighted by molar-refractivity contribution is 0.102. The van der Waals surface area contributed by atoms with Crippen molar-refractivity contribution in [3.05, 3.63) is 75.0 Å². The highest BCUT2D eigenvalue weighted by atomic mass is 35.5. The van der Waals surface area contributed by atoms with E-state index in [0.717, 1.165) is 11.1 Å². The predicted molar refractivity (Wildman–Crippen MR) is 98.3 cm³/mol. The third kappa shape index (κ3) is 3.83. The number of amides is 1. The van der Waals surface area contributed by atoms with Gasteiger partial charge in [-0.1, -0.05) is 46.6 Å². The molecular weight excluding hydrogens is 359 g/mol. The molecule has 5 nitrogen and oxygen atoms in total. The number of aromatic nitrogens is 3. The number of rotatable bonds is 4. The molecule has 0 aliphatic carbocycles. The molecule has 2 aromatic carbocycles. The van der Waals surface area contributed by atoms with Gasteiger partial charge in [0.25, 0.3) is 5.91 Å². The number of halogens is 2. The van der Waals surface area contributed by atoms with Crippen LogP contribution in [-0.4, -0.2) is 20.9 Å². The lowest BCUT2D eigenvalue weighted by Gasteiger charge is -2.07. The number of benzene rings is 2. The molecule has 1 N–H and O–H groups in total. The minimum absolute atomic E-state index is 0.281. The molecule has 0 saturated carbocycles. The van der Waals surface area contributed by atoms with Gasteiger partial charge in [-0.05, 0) is 49.2 Å². The molecule has 0 saturated heterocycles. The maximum absolute atomic E-state index is 12.5. The summed E-state index contributed by atoms with van der Waals surface area (Å²) in [7, 11) is 0. The molecule has 0 unspecified atom stereocenters. The van der Waals surface area contributed by atoms with Gasteiger partial charge in [-0.2, -0.15) is 0 Å². The molecule has 3 rings (SSSR count). The Morgan fingerprint density at radius 2 is 2.04 bits per heavy atom. The smallest absolute Gasteiger partial charge is 0.278 e. The first-order valence-electron chi connectivity index (χ1n) is 7.58. The molecule has 1 radical (unpaired) electrons. The van der Waals surface area contributed by atoms with Crippen LogP contribution in [0.5, 0.6) is 0 Å². The van der Waals surface area contributed by atoms with E-state index >= 15 is 0 Å². The summed E-state index contributed by atoms with van der Waals surface area (Å²) in [4.78, 5) is 12.5. The fourth-order valence-corrected chi connectivity index (χ4v) is 2.68. The van der Waals surface area contributed by atoms with Gasteiger partial charge in [0.05, 0.1) is 22.3 Å². The molecule has 1 amide bonds. The summed E-state index contributed by atoms with van der Waals surface area (Å²) in [5.41, 5.74) is 3.52. The van der Waals surface area contributed by atoms with Crippen molar-refractivity contribution < 1.29 is 4.79 Å². The first-order chi connectivity index (χ1) is 12.0. The number of carbonyl (C=O) groups is 1. The number of nitrogens with zero attached hydrogens (tertiary/aromatic N) is 3. The molecule has 0 aliphatic heterocycles. The summed E-state index contributed by atoms with van der Waals surface area (Å²) in [5.74, 6) is -0.305. The van der Waals surface area contributed by atoms with Crippen molar-refractivity contribution >= 4 is 34.8 Å². The van der Waals surface area contributed by atoms with Crippen molar-refractivity contribution in [2.24, 2.45) is 0 Å². The van der Waals surface area contributed by atoms with Crippen LogP contribution in [0.1, 0.15) is 27.3 Å². The van der Waals surface area contributed by atoms with Crippen molar-refractivity contribution in [2.45, 2.75) is 20.4 Å². The van der Waals surface area contributed by atoms with E-state index < -0.39 is 0 Å². The summed E-state index contributed by atoms with van der Waals surface area (Å²) in [5, 5.41) is 11.9. The van der Waals surface area contributed by atoms with Gasteiger partial charge < -0.3 is 5.32 Å². The second-order valence-corrected chi connectivity index (χ2v) is 6.44. The molecule has 3 aromatic rings. The van der Waals surface area contributed by atoms with Gasteiger partial charge in [0.2, 0.25) is 0 Å². The Bertz CT molecular complexity index is 937. The summed E-state index contributed by atoms with van der Waals surface area (Å²) in [6, 6.07) is 13.7. The third-order valence-electron chi connectivity index (χ3n) is 3.84. The van der Waals surface area contributed by atoms with Crippen LogP contribution in [0, 0.1) is 19.9 Å². The lowest BCUT2D eigenvalue weighted by atomic mass is 10.2. The fourth-order valence-electron chi connectivity index (χ4n) is 2.36. The largest absolute Gasteiger partial charge is 0.320 e. The minimum Gasteiger partial charge on any atom is -0.320 e. The molecule has 1 aromatic heterocycles. The number of hydrogen-bond donors (Lipinski definition) is 1. The Hall–Kier alpha value is -2.37. The summed E-state index contributed by atoms with van der Waals surface area (Å²) < 4.78 is 1.65. The van der Waals surface area contributed by atoms with Gasteiger partial charge >= 0.3 is 0 Å². The highest BCUT2D eigenvalue weighted by molar-refractivity contribution is 6.42. The minimum atomic E-state index is -0.305. The van der Waals surface area contributed by atoms with Crippen molar-refractivity contribution in [3.63, 3.8) is 0 Å². The third-order valence-corrected chi connectivity index (χ3v) is 4.58. The van der Waals surface area contributed by atoms with E-state index in [4.69, 9.17) is 23.2 Å². The molecule has 0 atom stereocenters. The Balaban J connectivity index is 1.79. The molecule has 127 valence electrons. The van der Waals surface area contributed by atoms with Crippen LogP contribution >= 0.6 is 23.2 Å². The zero-order chi connectivity index (χ0) is 18.0. The van der Waals surface area contributed by atoms with Crippen molar-refractivity contribution in [1.29, 1.82) is 0 Å². The highest BCUT2D eigenvalue weighted by Crippen LogP contribution is 2.23. The zero-order valence-electron chi connectivity index (χ0n) is 13.7. The number of aryl methyl sites for hydroxylation is 1. The highest BCUT2D eigenvalue weighted by Gasteiger charge is 2.17. The average molecular weight is 374 g/mol. The van der Waals surface area contributed by atoms with E-state index in [-0.39, 0.29) is 11.6 Å². The lowest BCUT2D eigenvalue weighted by Crippen LogP contribution is -2.15. The molecule has 1 heterocycles. The van der Waals surface area contributed by atoms with Gasteiger partial charge in [-0.25, -0.2) is 4.68 Å². The standard InChI is InChI=1S/C18H15Cl2N4O/c1-11-5-3-4-6-16(11)21-18(25)17-12(2)24(23-22-17)10-13-7-8-14(19)15(20)9-13/h3,5-9H,10H2,1-2H3,(H,21,25). The van der Waals surface area contributed by atoms with Crippen LogP contribution in [0.2, 0.25) is 10.0 Å². The van der Waals surface area contributed by atoms with E-state index in [9.17, 15) is 4.79 Å². The van der Waals surface area contributed by atoms with E-state index in [2.05, 4.69) is 21.7 Å². The molecule has 7 heteroatoms. The van der Waals surface area contributed by atoms with Crippen LogP contribution in [0.25, 0.3) is 0 Å². The topological polar surface area (TPSA) is 59.8 Å². The van der Waals surface area contributed by atoms with Crippen LogP contribution in [-0.2, 0) is 6.54 Å². The molecule has 0 spiro atoms. The monoisotopic (exact) mass is 373 g/mol. The molecular formula is C18H15Cl2N4O. The first-order valence-corrected chi connectivity index (χ1v) is 8.33. The van der Waals surface area contributed by atoms with E-state index in [1.807, 2.05) is 19.1 Å². The summed E-state index contributed by atoms with van der Waals surface area (Å²) in [6.07, 6.45) is 0. The van der Waals surface area contributed by atoms with Crippen LogP contribution in [0.15, 0.2) is 36.4 Å². The number of carbonyl (C=O) groups excluding carboxylic acids is 1. The molecule has 0 bridgehead atoms.